The van der Waals surface area contributed by atoms with E-state index in [1.807, 2.05) is 23.2 Å². The summed E-state index contributed by atoms with van der Waals surface area (Å²) in [6.45, 7) is 6.20. The van der Waals surface area contributed by atoms with E-state index in [-0.39, 0.29) is 23.8 Å². The summed E-state index contributed by atoms with van der Waals surface area (Å²) in [5, 5.41) is 6.72. The third kappa shape index (κ3) is 3.08. The molecule has 7 heteroatoms. The number of carbonyl (C=O) groups excluding carboxylic acids is 2. The largest absolute Gasteiger partial charge is 0.360 e. The van der Waals surface area contributed by atoms with Gasteiger partial charge in [-0.2, -0.15) is 5.10 Å². The van der Waals surface area contributed by atoms with Crippen LogP contribution < -0.4 is 0 Å². The van der Waals surface area contributed by atoms with Gasteiger partial charge in [-0.25, -0.2) is 0 Å². The van der Waals surface area contributed by atoms with Crippen molar-refractivity contribution in [3.8, 4) is 0 Å². The van der Waals surface area contributed by atoms with Crippen LogP contribution in [0.2, 0.25) is 0 Å². The lowest BCUT2D eigenvalue weighted by Crippen LogP contribution is -2.45. The van der Waals surface area contributed by atoms with E-state index in [1.165, 1.54) is 0 Å². The number of hydrogen-bond donors (Lipinski definition) is 1. The second kappa shape index (κ2) is 6.78. The van der Waals surface area contributed by atoms with Gasteiger partial charge in [-0.3, -0.25) is 14.7 Å². The molecule has 2 bridgehead atoms. The highest BCUT2D eigenvalue weighted by Gasteiger charge is 2.66. The fraction of sp³-hybridized carbons (Fsp3) is 0.650. The maximum Gasteiger partial charge on any atom is 0.230 e. The Bertz CT molecular complexity index is 744. The van der Waals surface area contributed by atoms with Gasteiger partial charge in [-0.05, 0) is 24.3 Å². The van der Waals surface area contributed by atoms with Crippen LogP contribution in [0.25, 0.3) is 0 Å². The first kappa shape index (κ1) is 18.2. The first-order chi connectivity index (χ1) is 12.9. The normalized spacial score (nSPS) is 31.2. The minimum atomic E-state index is -0.607. The molecule has 1 spiro atoms. The van der Waals surface area contributed by atoms with Crippen LogP contribution in [0.4, 0.5) is 0 Å². The van der Waals surface area contributed by atoms with Crippen LogP contribution in [0.5, 0.6) is 0 Å². The van der Waals surface area contributed by atoms with Gasteiger partial charge in [0, 0.05) is 26.3 Å². The molecule has 0 radical (unpaired) electrons. The van der Waals surface area contributed by atoms with Gasteiger partial charge in [-0.15, -0.1) is 0 Å². The molecular weight excluding hydrogens is 344 g/mol. The molecule has 0 saturated carbocycles. The standard InChI is InChI=1S/C20H28N4O3/c1-13(2)5-9-24-12-20-7-4-15(27-20)16(17(20)19(24)26)18(25)23(3)8-6-14-10-21-22-11-14/h4,7,10-11,13,15-17H,5-6,8-9,12H2,1-3H3,(H,21,22)/t15-,16?,17?,20-/m0/s1. The van der Waals surface area contributed by atoms with Gasteiger partial charge >= 0.3 is 0 Å². The van der Waals surface area contributed by atoms with E-state index in [0.717, 1.165) is 24.9 Å². The topological polar surface area (TPSA) is 78.5 Å². The smallest absolute Gasteiger partial charge is 0.230 e. The maximum absolute atomic E-state index is 13.2. The van der Waals surface area contributed by atoms with Crippen molar-refractivity contribution in [1.82, 2.24) is 20.0 Å². The molecule has 0 aliphatic carbocycles. The molecule has 146 valence electrons. The van der Waals surface area contributed by atoms with E-state index < -0.39 is 11.5 Å². The number of fused-ring (bicyclic) bond motifs is 1. The lowest BCUT2D eigenvalue weighted by molar-refractivity contribution is -0.142. The molecule has 27 heavy (non-hydrogen) atoms. The van der Waals surface area contributed by atoms with Gasteiger partial charge < -0.3 is 14.5 Å². The number of likely N-dealkylation sites (N-methyl/N-ethyl adjacent to an activating group) is 1. The maximum atomic E-state index is 13.2. The average molecular weight is 372 g/mol. The molecule has 7 nitrogen and oxygen atoms in total. The van der Waals surface area contributed by atoms with Gasteiger partial charge in [-0.1, -0.05) is 26.0 Å². The highest BCUT2D eigenvalue weighted by molar-refractivity contribution is 5.93. The number of aromatic amines is 1. The Balaban J connectivity index is 1.46. The third-order valence-electron chi connectivity index (χ3n) is 6.11. The van der Waals surface area contributed by atoms with E-state index in [2.05, 4.69) is 24.0 Å². The number of likely N-dealkylation sites (tertiary alicyclic amines) is 1. The minimum absolute atomic E-state index is 0.00113. The van der Waals surface area contributed by atoms with Crippen molar-refractivity contribution in [3.63, 3.8) is 0 Å². The highest BCUT2D eigenvalue weighted by atomic mass is 16.5. The van der Waals surface area contributed by atoms with Crippen LogP contribution in [-0.4, -0.2) is 70.2 Å². The Morgan fingerprint density at radius 1 is 1.52 bits per heavy atom. The summed E-state index contributed by atoms with van der Waals surface area (Å²) in [4.78, 5) is 29.9. The summed E-state index contributed by atoms with van der Waals surface area (Å²) in [6.07, 6.45) is 9.01. The summed E-state index contributed by atoms with van der Waals surface area (Å²) in [7, 11) is 1.81. The Morgan fingerprint density at radius 3 is 3.04 bits per heavy atom. The molecular formula is C20H28N4O3. The number of H-pyrrole nitrogens is 1. The predicted octanol–water partition coefficient (Wildman–Crippen LogP) is 1.24. The molecule has 4 heterocycles. The monoisotopic (exact) mass is 372 g/mol. The van der Waals surface area contributed by atoms with Crippen LogP contribution >= 0.6 is 0 Å². The molecule has 2 unspecified atom stereocenters. The molecule has 4 atom stereocenters. The molecule has 2 saturated heterocycles. The molecule has 2 amide bonds. The quantitative estimate of drug-likeness (QED) is 0.731. The Labute approximate surface area is 159 Å². The van der Waals surface area contributed by atoms with Crippen LogP contribution in [-0.2, 0) is 20.7 Å². The Morgan fingerprint density at radius 2 is 2.33 bits per heavy atom. The Hall–Kier alpha value is -2.15. The second-order valence-electron chi connectivity index (χ2n) is 8.46. The highest BCUT2D eigenvalue weighted by Crippen LogP contribution is 2.52. The average Bonchev–Trinajstić information content (AvgIpc) is 3.39. The van der Waals surface area contributed by atoms with Crippen molar-refractivity contribution in [2.75, 3.05) is 26.7 Å². The first-order valence-electron chi connectivity index (χ1n) is 9.80. The van der Waals surface area contributed by atoms with E-state index >= 15 is 0 Å². The number of nitrogens with one attached hydrogen (secondary N) is 1. The lowest BCUT2D eigenvalue weighted by Gasteiger charge is -2.27. The molecule has 0 aromatic carbocycles. The van der Waals surface area contributed by atoms with Crippen molar-refractivity contribution >= 4 is 11.8 Å². The van der Waals surface area contributed by atoms with Crippen molar-refractivity contribution in [2.45, 2.75) is 38.4 Å². The van der Waals surface area contributed by atoms with E-state index in [1.54, 1.807) is 18.1 Å². The van der Waals surface area contributed by atoms with Gasteiger partial charge in [0.25, 0.3) is 0 Å². The molecule has 2 fully saturated rings. The molecule has 3 aliphatic rings. The Kier molecular flexibility index (Phi) is 4.58. The SMILES string of the molecule is CC(C)CCN1C[C@]23C=C[C@H](O2)C(C(=O)N(C)CCc2cn[nH]c2)C3C1=O. The van der Waals surface area contributed by atoms with E-state index in [0.29, 0.717) is 19.0 Å². The zero-order chi connectivity index (χ0) is 19.2. The van der Waals surface area contributed by atoms with Gasteiger partial charge in [0.2, 0.25) is 11.8 Å². The number of aromatic nitrogens is 2. The predicted molar refractivity (Wildman–Crippen MR) is 99.7 cm³/mol. The summed E-state index contributed by atoms with van der Waals surface area (Å²) < 4.78 is 6.19. The zero-order valence-electron chi connectivity index (χ0n) is 16.2. The summed E-state index contributed by atoms with van der Waals surface area (Å²) in [6, 6.07) is 0. The molecule has 4 rings (SSSR count). The first-order valence-corrected chi connectivity index (χ1v) is 9.80. The molecule has 1 N–H and O–H groups in total. The molecule has 3 aliphatic heterocycles. The third-order valence-corrected chi connectivity index (χ3v) is 6.11. The number of nitrogens with zero attached hydrogens (tertiary/aromatic N) is 3. The van der Waals surface area contributed by atoms with Crippen LogP contribution in [0.3, 0.4) is 0 Å². The van der Waals surface area contributed by atoms with Crippen molar-refractivity contribution in [3.05, 3.63) is 30.1 Å². The zero-order valence-corrected chi connectivity index (χ0v) is 16.2. The van der Waals surface area contributed by atoms with Crippen LogP contribution in [0.1, 0.15) is 25.8 Å². The van der Waals surface area contributed by atoms with Crippen molar-refractivity contribution < 1.29 is 14.3 Å². The van der Waals surface area contributed by atoms with Crippen LogP contribution in [0.15, 0.2) is 24.5 Å². The number of carbonyl (C=O) groups is 2. The minimum Gasteiger partial charge on any atom is -0.360 e. The van der Waals surface area contributed by atoms with Gasteiger partial charge in [0.15, 0.2) is 0 Å². The summed E-state index contributed by atoms with van der Waals surface area (Å²) in [5.74, 6) is -0.192. The lowest BCUT2D eigenvalue weighted by atomic mass is 9.76. The summed E-state index contributed by atoms with van der Waals surface area (Å²) >= 11 is 0. The van der Waals surface area contributed by atoms with Crippen molar-refractivity contribution in [2.24, 2.45) is 17.8 Å². The molecule has 1 aromatic rings. The number of rotatable bonds is 7. The van der Waals surface area contributed by atoms with E-state index in [9.17, 15) is 9.59 Å². The van der Waals surface area contributed by atoms with Gasteiger partial charge in [0.1, 0.15) is 5.60 Å². The van der Waals surface area contributed by atoms with Crippen molar-refractivity contribution in [1.29, 1.82) is 0 Å². The number of ether oxygens (including phenoxy) is 1. The van der Waals surface area contributed by atoms with E-state index in [4.69, 9.17) is 4.74 Å². The number of amides is 2. The van der Waals surface area contributed by atoms with Crippen LogP contribution in [0, 0.1) is 17.8 Å². The molecule has 1 aromatic heterocycles. The fourth-order valence-corrected chi connectivity index (χ4v) is 4.54. The summed E-state index contributed by atoms with van der Waals surface area (Å²) in [5.41, 5.74) is 0.455. The van der Waals surface area contributed by atoms with Gasteiger partial charge in [0.05, 0.1) is 30.7 Å². The number of hydrogen-bond acceptors (Lipinski definition) is 4. The second-order valence-corrected chi connectivity index (χ2v) is 8.46. The fourth-order valence-electron chi connectivity index (χ4n) is 4.54.